The molecule has 0 aromatic rings. The largest absolute Gasteiger partial charge is 0.462 e. The van der Waals surface area contributed by atoms with Gasteiger partial charge in [-0.2, -0.15) is 0 Å². The number of Topliss-reactive ketones (excluding diaryl/α,β-unsaturated/α-hetero) is 1. The van der Waals surface area contributed by atoms with Gasteiger partial charge in [0.25, 0.3) is 0 Å². The molecule has 4 heteroatoms. The van der Waals surface area contributed by atoms with Crippen molar-refractivity contribution in [1.29, 1.82) is 0 Å². The monoisotopic (exact) mass is 370 g/mol. The van der Waals surface area contributed by atoms with Crippen LogP contribution >= 0.6 is 0 Å². The van der Waals surface area contributed by atoms with E-state index in [-0.39, 0.29) is 52.2 Å². The van der Waals surface area contributed by atoms with Crippen LogP contribution in [0, 0.1) is 34.5 Å². The molecule has 0 N–H and O–H groups in total. The van der Waals surface area contributed by atoms with E-state index in [1.54, 1.807) is 12.2 Å². The second kappa shape index (κ2) is 6.15. The number of allylic oxidation sites excluding steroid dienone is 4. The van der Waals surface area contributed by atoms with E-state index >= 15 is 0 Å². The highest BCUT2D eigenvalue weighted by Crippen LogP contribution is 2.64. The number of rotatable bonds is 2. The summed E-state index contributed by atoms with van der Waals surface area (Å²) in [5, 5.41) is 0. The number of carbonyl (C=O) groups is 3. The lowest BCUT2D eigenvalue weighted by Crippen LogP contribution is -2.56. The fourth-order valence-corrected chi connectivity index (χ4v) is 6.85. The molecular formula is C23H30O4. The van der Waals surface area contributed by atoms with Crippen LogP contribution in [0.25, 0.3) is 0 Å². The minimum Gasteiger partial charge on any atom is -0.462 e. The lowest BCUT2D eigenvalue weighted by molar-refractivity contribution is -0.164. The normalized spacial score (nSPS) is 45.6. The van der Waals surface area contributed by atoms with Crippen molar-refractivity contribution in [3.05, 3.63) is 23.8 Å². The quantitative estimate of drug-likeness (QED) is 0.688. The maximum absolute atomic E-state index is 13.4. The third-order valence-corrected chi connectivity index (χ3v) is 8.05. The molecular weight excluding hydrogens is 340 g/mol. The highest BCUT2D eigenvalue weighted by molar-refractivity contribution is 6.02. The van der Waals surface area contributed by atoms with Crippen molar-refractivity contribution in [2.24, 2.45) is 34.5 Å². The standard InChI is InChI=1S/C23H30O4/c1-5-20(26)27-19-7-6-16-15-10-13(2)17-11-14(24)8-9-22(17,3)21(15)18(25)12-23(16,19)4/h8-9,11,13,15-16,19,21H,5-7,10,12H2,1-4H3/t13-,15-,16-,19-,21+,22-,23-/m0/s1. The van der Waals surface area contributed by atoms with E-state index in [1.165, 1.54) is 0 Å². The van der Waals surface area contributed by atoms with E-state index < -0.39 is 0 Å². The first-order chi connectivity index (χ1) is 12.7. The van der Waals surface area contributed by atoms with Crippen molar-refractivity contribution in [3.63, 3.8) is 0 Å². The Morgan fingerprint density at radius 1 is 1.26 bits per heavy atom. The molecule has 0 amide bonds. The van der Waals surface area contributed by atoms with E-state index in [0.717, 1.165) is 24.8 Å². The molecule has 146 valence electrons. The molecule has 3 saturated carbocycles. The molecule has 0 saturated heterocycles. The van der Waals surface area contributed by atoms with Crippen molar-refractivity contribution >= 4 is 17.5 Å². The fourth-order valence-electron chi connectivity index (χ4n) is 6.85. The highest BCUT2D eigenvalue weighted by Gasteiger charge is 2.63. The predicted molar refractivity (Wildman–Crippen MR) is 102 cm³/mol. The van der Waals surface area contributed by atoms with Crippen molar-refractivity contribution in [2.45, 2.75) is 65.9 Å². The van der Waals surface area contributed by atoms with Gasteiger partial charge in [-0.15, -0.1) is 0 Å². The molecule has 0 aliphatic heterocycles. The zero-order chi connectivity index (χ0) is 19.6. The number of ketones is 2. The Balaban J connectivity index is 1.70. The number of hydrogen-bond donors (Lipinski definition) is 0. The van der Waals surface area contributed by atoms with E-state index in [0.29, 0.717) is 18.8 Å². The number of ether oxygens (including phenoxy) is 1. The first kappa shape index (κ1) is 18.6. The molecule has 0 bridgehead atoms. The lowest BCUT2D eigenvalue weighted by Gasteiger charge is -2.57. The number of hydrogen-bond acceptors (Lipinski definition) is 4. The smallest absolute Gasteiger partial charge is 0.305 e. The van der Waals surface area contributed by atoms with E-state index in [9.17, 15) is 14.4 Å². The van der Waals surface area contributed by atoms with Crippen molar-refractivity contribution in [3.8, 4) is 0 Å². The summed E-state index contributed by atoms with van der Waals surface area (Å²) in [6.45, 7) is 8.30. The van der Waals surface area contributed by atoms with Gasteiger partial charge in [-0.05, 0) is 49.2 Å². The van der Waals surface area contributed by atoms with Crippen molar-refractivity contribution < 1.29 is 19.1 Å². The van der Waals surface area contributed by atoms with Gasteiger partial charge in [0.05, 0.1) is 0 Å². The molecule has 0 radical (unpaired) electrons. The molecule has 27 heavy (non-hydrogen) atoms. The molecule has 4 rings (SSSR count). The molecule has 0 heterocycles. The second-order valence-corrected chi connectivity index (χ2v) is 9.56. The molecule has 0 unspecified atom stereocenters. The van der Waals surface area contributed by atoms with Crippen LogP contribution in [-0.2, 0) is 19.1 Å². The van der Waals surface area contributed by atoms with Crippen molar-refractivity contribution in [1.82, 2.24) is 0 Å². The average molecular weight is 370 g/mol. The topological polar surface area (TPSA) is 60.4 Å². The summed E-state index contributed by atoms with van der Waals surface area (Å²) in [4.78, 5) is 37.3. The molecule has 7 atom stereocenters. The summed E-state index contributed by atoms with van der Waals surface area (Å²) in [7, 11) is 0. The van der Waals surface area contributed by atoms with E-state index in [1.807, 2.05) is 13.0 Å². The lowest BCUT2D eigenvalue weighted by atomic mass is 9.46. The van der Waals surface area contributed by atoms with Gasteiger partial charge in [0, 0.05) is 29.6 Å². The summed E-state index contributed by atoms with van der Waals surface area (Å²) in [6.07, 6.45) is 8.89. The minimum absolute atomic E-state index is 0.0354. The SMILES string of the molecule is CCC(=O)O[C@H]1CC[C@H]2[C@@H]3C[C@H](C)C4=CC(=O)C=C[C@]4(C)[C@H]3C(=O)C[C@]12C. The van der Waals surface area contributed by atoms with Gasteiger partial charge >= 0.3 is 5.97 Å². The molecule has 4 nitrogen and oxygen atoms in total. The van der Waals surface area contributed by atoms with Gasteiger partial charge in [0.15, 0.2) is 5.78 Å². The Kier molecular flexibility index (Phi) is 4.25. The average Bonchev–Trinajstić information content (AvgIpc) is 2.92. The van der Waals surface area contributed by atoms with Crippen LogP contribution in [0.4, 0.5) is 0 Å². The van der Waals surface area contributed by atoms with Gasteiger partial charge in [0.2, 0.25) is 0 Å². The Labute approximate surface area is 161 Å². The van der Waals surface area contributed by atoms with Crippen LogP contribution < -0.4 is 0 Å². The molecule has 4 aliphatic rings. The first-order valence-corrected chi connectivity index (χ1v) is 10.4. The Hall–Kier alpha value is -1.71. The molecule has 3 fully saturated rings. The summed E-state index contributed by atoms with van der Waals surface area (Å²) >= 11 is 0. The van der Waals surface area contributed by atoms with Gasteiger partial charge in [-0.25, -0.2) is 0 Å². The van der Waals surface area contributed by atoms with Gasteiger partial charge in [0.1, 0.15) is 11.9 Å². The maximum Gasteiger partial charge on any atom is 0.305 e. The third-order valence-electron chi connectivity index (χ3n) is 8.05. The number of esters is 1. The fraction of sp³-hybridized carbons (Fsp3) is 0.696. The second-order valence-electron chi connectivity index (χ2n) is 9.56. The predicted octanol–water partition coefficient (Wildman–Crippen LogP) is 4.04. The summed E-state index contributed by atoms with van der Waals surface area (Å²) in [5.74, 6) is 1.05. The first-order valence-electron chi connectivity index (χ1n) is 10.4. The van der Waals surface area contributed by atoms with Gasteiger partial charge < -0.3 is 4.74 Å². The summed E-state index contributed by atoms with van der Waals surface area (Å²) in [6, 6.07) is 0. The molecule has 0 aromatic carbocycles. The molecule has 0 spiro atoms. The Bertz CT molecular complexity index is 762. The zero-order valence-electron chi connectivity index (χ0n) is 16.8. The molecule has 4 aliphatic carbocycles. The summed E-state index contributed by atoms with van der Waals surface area (Å²) in [5.41, 5.74) is 0.515. The van der Waals surface area contributed by atoms with Gasteiger partial charge in [-0.1, -0.05) is 39.3 Å². The van der Waals surface area contributed by atoms with Crippen LogP contribution in [0.2, 0.25) is 0 Å². The van der Waals surface area contributed by atoms with Crippen LogP contribution in [0.1, 0.15) is 59.8 Å². The Morgan fingerprint density at radius 2 is 2.00 bits per heavy atom. The number of fused-ring (bicyclic) bond motifs is 5. The van der Waals surface area contributed by atoms with Crippen molar-refractivity contribution in [2.75, 3.05) is 0 Å². The number of carbonyl (C=O) groups excluding carboxylic acids is 3. The van der Waals surface area contributed by atoms with E-state index in [4.69, 9.17) is 4.74 Å². The minimum atomic E-state index is -0.354. The van der Waals surface area contributed by atoms with Crippen LogP contribution in [0.3, 0.4) is 0 Å². The molecule has 0 aromatic heterocycles. The van der Waals surface area contributed by atoms with Crippen LogP contribution in [0.15, 0.2) is 23.8 Å². The third kappa shape index (κ3) is 2.59. The Morgan fingerprint density at radius 3 is 2.70 bits per heavy atom. The van der Waals surface area contributed by atoms with Gasteiger partial charge in [-0.3, -0.25) is 14.4 Å². The van der Waals surface area contributed by atoms with Crippen LogP contribution in [0.5, 0.6) is 0 Å². The van der Waals surface area contributed by atoms with E-state index in [2.05, 4.69) is 20.8 Å². The maximum atomic E-state index is 13.4. The summed E-state index contributed by atoms with van der Waals surface area (Å²) < 4.78 is 5.77. The highest BCUT2D eigenvalue weighted by atomic mass is 16.5. The van der Waals surface area contributed by atoms with Crippen LogP contribution in [-0.4, -0.2) is 23.6 Å². The zero-order valence-corrected chi connectivity index (χ0v) is 16.8.